The van der Waals surface area contributed by atoms with Crippen LogP contribution < -0.4 is 5.32 Å². The molecule has 0 atom stereocenters. The lowest BCUT2D eigenvalue weighted by atomic mass is 10.3. The number of hydrogen-bond acceptors (Lipinski definition) is 2. The molecule has 1 heterocycles. The van der Waals surface area contributed by atoms with Crippen LogP contribution in [0.1, 0.15) is 18.4 Å². The summed E-state index contributed by atoms with van der Waals surface area (Å²) in [6.45, 7) is 2.85. The molecule has 0 aliphatic heterocycles. The van der Waals surface area contributed by atoms with Crippen molar-refractivity contribution in [1.29, 1.82) is 0 Å². The van der Waals surface area contributed by atoms with Crippen molar-refractivity contribution in [2.24, 2.45) is 0 Å². The van der Waals surface area contributed by atoms with Gasteiger partial charge in [0.25, 0.3) is 0 Å². The van der Waals surface area contributed by atoms with Crippen molar-refractivity contribution in [3.63, 3.8) is 0 Å². The number of anilines is 1. The molecule has 84 valence electrons. The predicted molar refractivity (Wildman–Crippen MR) is 74.5 cm³/mol. The van der Waals surface area contributed by atoms with Gasteiger partial charge in [-0.25, -0.2) is 4.98 Å². The molecule has 0 radical (unpaired) electrons. The van der Waals surface area contributed by atoms with Gasteiger partial charge in [0.2, 0.25) is 0 Å². The fourth-order valence-corrected chi connectivity index (χ4v) is 2.00. The Labute approximate surface area is 109 Å². The van der Waals surface area contributed by atoms with E-state index in [1.165, 1.54) is 9.26 Å². The number of benzene rings is 1. The maximum atomic E-state index is 4.30. The minimum atomic E-state index is 0.736. The molecule has 2 rings (SSSR count). The van der Waals surface area contributed by atoms with Crippen molar-refractivity contribution in [3.8, 4) is 0 Å². The SMILES string of the molecule is CCc1cnc(CNc2cccc(I)c2)[nH]1. The number of aromatic amines is 1. The maximum Gasteiger partial charge on any atom is 0.125 e. The first-order valence-electron chi connectivity index (χ1n) is 5.30. The van der Waals surface area contributed by atoms with Gasteiger partial charge in [-0.3, -0.25) is 0 Å². The van der Waals surface area contributed by atoms with Crippen molar-refractivity contribution in [2.75, 3.05) is 5.32 Å². The molecule has 2 N–H and O–H groups in total. The quantitative estimate of drug-likeness (QED) is 0.847. The molecule has 1 aromatic carbocycles. The summed E-state index contributed by atoms with van der Waals surface area (Å²) in [5.41, 5.74) is 2.31. The van der Waals surface area contributed by atoms with Gasteiger partial charge >= 0.3 is 0 Å². The van der Waals surface area contributed by atoms with Crippen LogP contribution in [0.5, 0.6) is 0 Å². The zero-order valence-electron chi connectivity index (χ0n) is 9.13. The van der Waals surface area contributed by atoms with Crippen molar-refractivity contribution >= 4 is 28.3 Å². The summed E-state index contributed by atoms with van der Waals surface area (Å²) in [5, 5.41) is 3.34. The van der Waals surface area contributed by atoms with Gasteiger partial charge in [0.15, 0.2) is 0 Å². The lowest BCUT2D eigenvalue weighted by Gasteiger charge is -2.04. The van der Waals surface area contributed by atoms with E-state index in [1.807, 2.05) is 12.3 Å². The summed E-state index contributed by atoms with van der Waals surface area (Å²) in [4.78, 5) is 7.58. The summed E-state index contributed by atoms with van der Waals surface area (Å²) >= 11 is 2.31. The Kier molecular flexibility index (Phi) is 3.82. The molecule has 1 aromatic heterocycles. The van der Waals surface area contributed by atoms with Gasteiger partial charge in [0.05, 0.1) is 6.54 Å². The molecular formula is C12H14IN3. The number of halogens is 1. The smallest absolute Gasteiger partial charge is 0.125 e. The first-order valence-corrected chi connectivity index (χ1v) is 6.38. The van der Waals surface area contributed by atoms with E-state index in [2.05, 4.69) is 63.0 Å². The predicted octanol–water partition coefficient (Wildman–Crippen LogP) is 3.19. The van der Waals surface area contributed by atoms with Crippen LogP contribution in [0.25, 0.3) is 0 Å². The molecule has 0 saturated heterocycles. The second-order valence-corrected chi connectivity index (χ2v) is 4.82. The standard InChI is InChI=1S/C12H14IN3/c1-2-10-7-15-12(16-10)8-14-11-5-3-4-9(13)6-11/h3-7,14H,2,8H2,1H3,(H,15,16). The van der Waals surface area contributed by atoms with Crippen molar-refractivity contribution in [2.45, 2.75) is 19.9 Å². The number of aryl methyl sites for hydroxylation is 1. The molecule has 0 saturated carbocycles. The third-order valence-electron chi connectivity index (χ3n) is 2.35. The first-order chi connectivity index (χ1) is 7.78. The number of aromatic nitrogens is 2. The Hall–Kier alpha value is -1.04. The average molecular weight is 327 g/mol. The molecule has 0 aliphatic rings. The van der Waals surface area contributed by atoms with E-state index in [9.17, 15) is 0 Å². The van der Waals surface area contributed by atoms with Crippen LogP contribution in [0.3, 0.4) is 0 Å². The minimum Gasteiger partial charge on any atom is -0.378 e. The fourth-order valence-electron chi connectivity index (χ4n) is 1.46. The van der Waals surface area contributed by atoms with Crippen molar-refractivity contribution < 1.29 is 0 Å². The van der Waals surface area contributed by atoms with Crippen LogP contribution in [0.2, 0.25) is 0 Å². The lowest BCUT2D eigenvalue weighted by Crippen LogP contribution is -2.01. The van der Waals surface area contributed by atoms with Gasteiger partial charge in [-0.05, 0) is 47.2 Å². The number of H-pyrrole nitrogens is 1. The van der Waals surface area contributed by atoms with Gasteiger partial charge in [-0.1, -0.05) is 13.0 Å². The second kappa shape index (κ2) is 5.34. The Balaban J connectivity index is 1.96. The lowest BCUT2D eigenvalue weighted by molar-refractivity contribution is 0.971. The molecule has 2 aromatic rings. The monoisotopic (exact) mass is 327 g/mol. The van der Waals surface area contributed by atoms with Crippen LogP contribution >= 0.6 is 22.6 Å². The molecule has 0 spiro atoms. The highest BCUT2D eigenvalue weighted by Crippen LogP contribution is 2.13. The van der Waals surface area contributed by atoms with E-state index in [0.717, 1.165) is 24.5 Å². The van der Waals surface area contributed by atoms with Gasteiger partial charge < -0.3 is 10.3 Å². The summed E-state index contributed by atoms with van der Waals surface area (Å²) in [6.07, 6.45) is 2.89. The molecule has 3 nitrogen and oxygen atoms in total. The van der Waals surface area contributed by atoms with E-state index >= 15 is 0 Å². The zero-order valence-corrected chi connectivity index (χ0v) is 11.3. The second-order valence-electron chi connectivity index (χ2n) is 3.57. The molecular weight excluding hydrogens is 313 g/mol. The Morgan fingerprint density at radius 2 is 2.31 bits per heavy atom. The number of hydrogen-bond donors (Lipinski definition) is 2. The third-order valence-corrected chi connectivity index (χ3v) is 3.02. The van der Waals surface area contributed by atoms with Crippen LogP contribution in [0.4, 0.5) is 5.69 Å². The van der Waals surface area contributed by atoms with Crippen molar-refractivity contribution in [1.82, 2.24) is 9.97 Å². The van der Waals surface area contributed by atoms with Gasteiger partial charge in [0.1, 0.15) is 5.82 Å². The average Bonchev–Trinajstić information content (AvgIpc) is 2.74. The van der Waals surface area contributed by atoms with Crippen LogP contribution in [-0.2, 0) is 13.0 Å². The van der Waals surface area contributed by atoms with E-state index in [1.54, 1.807) is 0 Å². The highest BCUT2D eigenvalue weighted by molar-refractivity contribution is 14.1. The number of nitrogens with one attached hydrogen (secondary N) is 2. The van der Waals surface area contributed by atoms with Gasteiger partial charge in [-0.2, -0.15) is 0 Å². The molecule has 0 amide bonds. The summed E-state index contributed by atoms with van der Waals surface area (Å²) in [7, 11) is 0. The Bertz CT molecular complexity index is 465. The number of nitrogens with zero attached hydrogens (tertiary/aromatic N) is 1. The van der Waals surface area contributed by atoms with Crippen molar-refractivity contribution in [3.05, 3.63) is 45.6 Å². The molecule has 0 aliphatic carbocycles. The maximum absolute atomic E-state index is 4.30. The molecule has 0 bridgehead atoms. The zero-order chi connectivity index (χ0) is 11.4. The normalized spacial score (nSPS) is 10.4. The number of imidazole rings is 1. The fraction of sp³-hybridized carbons (Fsp3) is 0.250. The molecule has 4 heteroatoms. The van der Waals surface area contributed by atoms with E-state index in [-0.39, 0.29) is 0 Å². The Morgan fingerprint density at radius 3 is 3.00 bits per heavy atom. The van der Waals surface area contributed by atoms with Gasteiger partial charge in [-0.15, -0.1) is 0 Å². The topological polar surface area (TPSA) is 40.7 Å². The number of rotatable bonds is 4. The van der Waals surface area contributed by atoms with Crippen LogP contribution in [0, 0.1) is 3.57 Å². The van der Waals surface area contributed by atoms with E-state index in [0.29, 0.717) is 0 Å². The van der Waals surface area contributed by atoms with E-state index < -0.39 is 0 Å². The Morgan fingerprint density at radius 1 is 1.44 bits per heavy atom. The van der Waals surface area contributed by atoms with E-state index in [4.69, 9.17) is 0 Å². The highest BCUT2D eigenvalue weighted by Gasteiger charge is 1.99. The minimum absolute atomic E-state index is 0.736. The van der Waals surface area contributed by atoms with Crippen LogP contribution in [-0.4, -0.2) is 9.97 Å². The summed E-state index contributed by atoms with van der Waals surface area (Å²) in [5.74, 6) is 0.982. The first kappa shape index (κ1) is 11.4. The summed E-state index contributed by atoms with van der Waals surface area (Å²) in [6, 6.07) is 8.30. The largest absolute Gasteiger partial charge is 0.378 e. The highest BCUT2D eigenvalue weighted by atomic mass is 127. The third kappa shape index (κ3) is 2.98. The molecule has 0 fully saturated rings. The summed E-state index contributed by atoms with van der Waals surface area (Å²) < 4.78 is 1.23. The van der Waals surface area contributed by atoms with Gasteiger partial charge in [0, 0.05) is 21.1 Å². The van der Waals surface area contributed by atoms with Crippen LogP contribution in [0.15, 0.2) is 30.5 Å². The molecule has 0 unspecified atom stereocenters. The molecule has 16 heavy (non-hydrogen) atoms.